The van der Waals surface area contributed by atoms with Crippen LogP contribution in [-0.4, -0.2) is 28.9 Å². The van der Waals surface area contributed by atoms with E-state index in [4.69, 9.17) is 4.74 Å². The average Bonchev–Trinajstić information content (AvgIpc) is 2.98. The fourth-order valence-corrected chi connectivity index (χ4v) is 2.71. The molecule has 1 aromatic heterocycles. The number of esters is 1. The summed E-state index contributed by atoms with van der Waals surface area (Å²) in [6.45, 7) is 0.410. The van der Waals surface area contributed by atoms with Crippen molar-refractivity contribution in [2.24, 2.45) is 0 Å². The van der Waals surface area contributed by atoms with Crippen molar-refractivity contribution in [3.8, 4) is 0 Å². The van der Waals surface area contributed by atoms with Gasteiger partial charge in [-0.1, -0.05) is 18.2 Å². The number of hydrogen-bond donors (Lipinski definition) is 0. The van der Waals surface area contributed by atoms with Crippen LogP contribution in [0.4, 0.5) is 5.69 Å². The normalized spacial score (nSPS) is 10.6. The zero-order chi connectivity index (χ0) is 18.0. The fraction of sp³-hybridized carbons (Fsp3) is 0.111. The van der Waals surface area contributed by atoms with Crippen LogP contribution in [0.2, 0.25) is 0 Å². The van der Waals surface area contributed by atoms with Crippen molar-refractivity contribution < 1.29 is 19.2 Å². The van der Waals surface area contributed by atoms with Crippen molar-refractivity contribution in [3.05, 3.63) is 75.5 Å². The number of non-ortho nitro benzene ring substituents is 1. The van der Waals surface area contributed by atoms with Gasteiger partial charge in [0, 0.05) is 41.3 Å². The molecule has 3 rings (SSSR count). The molecular formula is C18H14N2O5. The van der Waals surface area contributed by atoms with Gasteiger partial charge in [0.15, 0.2) is 6.29 Å². The first-order chi connectivity index (χ1) is 12.0. The maximum atomic E-state index is 11.7. The third-order valence-corrected chi connectivity index (χ3v) is 3.96. The molecule has 0 aliphatic rings. The van der Waals surface area contributed by atoms with Crippen LogP contribution in [0.3, 0.4) is 0 Å². The minimum absolute atomic E-state index is 0.0164. The number of nitro benzene ring substituents is 1. The Hall–Kier alpha value is -3.48. The van der Waals surface area contributed by atoms with Crippen molar-refractivity contribution in [3.63, 3.8) is 0 Å². The number of benzene rings is 2. The summed E-state index contributed by atoms with van der Waals surface area (Å²) in [5.41, 5.74) is 2.46. The van der Waals surface area contributed by atoms with Crippen LogP contribution in [-0.2, 0) is 11.3 Å². The average molecular weight is 338 g/mol. The van der Waals surface area contributed by atoms with Crippen molar-refractivity contribution >= 4 is 28.8 Å². The third-order valence-electron chi connectivity index (χ3n) is 3.96. The van der Waals surface area contributed by atoms with E-state index < -0.39 is 10.9 Å². The SMILES string of the molecule is COC(=O)c1ccc2c(C=O)cn(Cc3ccc([N+](=O)[O-])cc3)c2c1. The number of fused-ring (bicyclic) bond motifs is 1. The Balaban J connectivity index is 2.03. The van der Waals surface area contributed by atoms with Gasteiger partial charge in [-0.25, -0.2) is 4.79 Å². The van der Waals surface area contributed by atoms with Crippen LogP contribution in [0.1, 0.15) is 26.3 Å². The van der Waals surface area contributed by atoms with Crippen molar-refractivity contribution in [1.29, 1.82) is 0 Å². The van der Waals surface area contributed by atoms with Crippen molar-refractivity contribution in [1.82, 2.24) is 4.57 Å². The van der Waals surface area contributed by atoms with E-state index in [1.54, 1.807) is 36.5 Å². The number of carbonyl (C=O) groups is 2. The number of nitro groups is 1. The van der Waals surface area contributed by atoms with Crippen LogP contribution in [0.25, 0.3) is 10.9 Å². The Bertz CT molecular complexity index is 973. The predicted octanol–water partition coefficient (Wildman–Crippen LogP) is 3.20. The van der Waals surface area contributed by atoms with E-state index in [1.165, 1.54) is 19.2 Å². The molecule has 0 aliphatic carbocycles. The highest BCUT2D eigenvalue weighted by Gasteiger charge is 2.13. The lowest BCUT2D eigenvalue weighted by Gasteiger charge is -2.07. The predicted molar refractivity (Wildman–Crippen MR) is 90.9 cm³/mol. The Kier molecular flexibility index (Phi) is 4.30. The first kappa shape index (κ1) is 16.4. The van der Waals surface area contributed by atoms with E-state index >= 15 is 0 Å². The number of methoxy groups -OCH3 is 1. The molecule has 25 heavy (non-hydrogen) atoms. The Morgan fingerprint density at radius 3 is 2.56 bits per heavy atom. The summed E-state index contributed by atoms with van der Waals surface area (Å²) in [7, 11) is 1.30. The number of carbonyl (C=O) groups excluding carboxylic acids is 2. The van der Waals surface area contributed by atoms with E-state index in [9.17, 15) is 19.7 Å². The summed E-state index contributed by atoms with van der Waals surface area (Å²) in [5, 5.41) is 11.5. The van der Waals surface area contributed by atoms with Gasteiger partial charge in [-0.3, -0.25) is 14.9 Å². The lowest BCUT2D eigenvalue weighted by atomic mass is 10.1. The second-order valence-corrected chi connectivity index (χ2v) is 5.48. The van der Waals surface area contributed by atoms with E-state index in [-0.39, 0.29) is 5.69 Å². The molecule has 0 unspecified atom stereocenters. The lowest BCUT2D eigenvalue weighted by Crippen LogP contribution is -2.02. The molecule has 0 saturated carbocycles. The van der Waals surface area contributed by atoms with Gasteiger partial charge in [0.1, 0.15) is 0 Å². The molecule has 126 valence electrons. The highest BCUT2D eigenvalue weighted by atomic mass is 16.6. The monoisotopic (exact) mass is 338 g/mol. The molecule has 0 saturated heterocycles. The third kappa shape index (κ3) is 3.12. The number of aldehydes is 1. The molecule has 0 bridgehead atoms. The van der Waals surface area contributed by atoms with Crippen LogP contribution in [0, 0.1) is 10.1 Å². The molecule has 7 nitrogen and oxygen atoms in total. The number of hydrogen-bond acceptors (Lipinski definition) is 5. The maximum Gasteiger partial charge on any atom is 0.337 e. The van der Waals surface area contributed by atoms with Gasteiger partial charge in [0.2, 0.25) is 0 Å². The zero-order valence-electron chi connectivity index (χ0n) is 13.3. The van der Waals surface area contributed by atoms with Crippen LogP contribution in [0.15, 0.2) is 48.7 Å². The molecule has 2 aromatic carbocycles. The van der Waals surface area contributed by atoms with Gasteiger partial charge < -0.3 is 9.30 Å². The summed E-state index contributed by atoms with van der Waals surface area (Å²) in [4.78, 5) is 33.3. The zero-order valence-corrected chi connectivity index (χ0v) is 13.3. The first-order valence-corrected chi connectivity index (χ1v) is 7.43. The minimum atomic E-state index is -0.461. The molecule has 1 heterocycles. The van der Waals surface area contributed by atoms with Gasteiger partial charge in [-0.2, -0.15) is 0 Å². The Morgan fingerprint density at radius 2 is 1.96 bits per heavy atom. The second-order valence-electron chi connectivity index (χ2n) is 5.48. The van der Waals surface area contributed by atoms with E-state index in [0.717, 1.165) is 17.2 Å². The lowest BCUT2D eigenvalue weighted by molar-refractivity contribution is -0.384. The summed E-state index contributed by atoms with van der Waals surface area (Å²) in [5.74, 6) is -0.461. The molecule has 3 aromatic rings. The molecule has 0 aliphatic heterocycles. The molecule has 0 N–H and O–H groups in total. The smallest absolute Gasteiger partial charge is 0.337 e. The Morgan fingerprint density at radius 1 is 1.24 bits per heavy atom. The molecule has 0 spiro atoms. The van der Waals surface area contributed by atoms with E-state index in [1.807, 2.05) is 4.57 Å². The molecular weight excluding hydrogens is 324 g/mol. The van der Waals surface area contributed by atoms with Crippen LogP contribution >= 0.6 is 0 Å². The largest absolute Gasteiger partial charge is 0.465 e. The van der Waals surface area contributed by atoms with Gasteiger partial charge in [-0.05, 0) is 17.7 Å². The number of ether oxygens (including phenoxy) is 1. The summed E-state index contributed by atoms with van der Waals surface area (Å²) < 4.78 is 6.56. The van der Waals surface area contributed by atoms with Gasteiger partial charge in [0.25, 0.3) is 5.69 Å². The highest BCUT2D eigenvalue weighted by Crippen LogP contribution is 2.24. The highest BCUT2D eigenvalue weighted by molar-refractivity contribution is 6.01. The van der Waals surface area contributed by atoms with Gasteiger partial charge in [0.05, 0.1) is 17.6 Å². The van der Waals surface area contributed by atoms with Crippen LogP contribution < -0.4 is 0 Å². The molecule has 0 atom stereocenters. The molecule has 0 amide bonds. The summed E-state index contributed by atoms with van der Waals surface area (Å²) in [6.07, 6.45) is 2.45. The fourth-order valence-electron chi connectivity index (χ4n) is 2.71. The van der Waals surface area contributed by atoms with Gasteiger partial charge >= 0.3 is 5.97 Å². The van der Waals surface area contributed by atoms with Crippen molar-refractivity contribution in [2.45, 2.75) is 6.54 Å². The number of aromatic nitrogens is 1. The van der Waals surface area contributed by atoms with Crippen molar-refractivity contribution in [2.75, 3.05) is 7.11 Å². The number of nitrogens with zero attached hydrogens (tertiary/aromatic N) is 2. The maximum absolute atomic E-state index is 11.7. The molecule has 7 heteroatoms. The summed E-state index contributed by atoms with van der Waals surface area (Å²) in [6, 6.07) is 11.2. The van der Waals surface area contributed by atoms with Crippen LogP contribution in [0.5, 0.6) is 0 Å². The molecule has 0 radical (unpaired) electrons. The van der Waals surface area contributed by atoms with E-state index in [0.29, 0.717) is 23.2 Å². The molecule has 0 fully saturated rings. The summed E-state index contributed by atoms with van der Waals surface area (Å²) >= 11 is 0. The standard InChI is InChI=1S/C18H14N2O5/c1-25-18(22)13-4-7-16-14(11-21)10-19(17(16)8-13)9-12-2-5-15(6-3-12)20(23)24/h2-8,10-11H,9H2,1H3. The second kappa shape index (κ2) is 6.56. The minimum Gasteiger partial charge on any atom is -0.465 e. The topological polar surface area (TPSA) is 91.4 Å². The van der Waals surface area contributed by atoms with Gasteiger partial charge in [-0.15, -0.1) is 0 Å². The Labute approximate surface area is 142 Å². The number of rotatable bonds is 5. The quantitative estimate of drug-likeness (QED) is 0.308. The van der Waals surface area contributed by atoms with E-state index in [2.05, 4.69) is 0 Å². The first-order valence-electron chi connectivity index (χ1n) is 7.43.